The molecule has 11 heteroatoms. The summed E-state index contributed by atoms with van der Waals surface area (Å²) in [5.41, 5.74) is 0.326. The second kappa shape index (κ2) is 7.88. The molecule has 3 aromatic heterocycles. The summed E-state index contributed by atoms with van der Waals surface area (Å²) in [6.07, 6.45) is 3.20. The van der Waals surface area contributed by atoms with Gasteiger partial charge in [0.2, 0.25) is 0 Å². The van der Waals surface area contributed by atoms with Gasteiger partial charge in [0, 0.05) is 30.7 Å². The molecule has 0 unspecified atom stereocenters. The number of thiazole rings is 1. The molecule has 4 aromatic rings. The largest absolute Gasteiger partial charge is 0.332 e. The fourth-order valence-corrected chi connectivity index (χ4v) is 4.06. The van der Waals surface area contributed by atoms with E-state index in [1.807, 2.05) is 40.4 Å². The molecule has 154 valence electrons. The summed E-state index contributed by atoms with van der Waals surface area (Å²) in [7, 11) is 2.91. The van der Waals surface area contributed by atoms with E-state index >= 15 is 0 Å². The molecular weight excluding hydrogens is 428 g/mol. The van der Waals surface area contributed by atoms with Crippen molar-refractivity contribution in [3.8, 4) is 0 Å². The maximum Gasteiger partial charge on any atom is 0.332 e. The topological polar surface area (TPSA) is 96.2 Å². The number of carbonyl (C=O) groups excluding carboxylic acids is 1. The van der Waals surface area contributed by atoms with Crippen molar-refractivity contribution >= 4 is 40.0 Å². The molecule has 0 saturated heterocycles. The Labute approximate surface area is 178 Å². The summed E-state index contributed by atoms with van der Waals surface area (Å²) < 4.78 is 5.50. The first-order valence-electron chi connectivity index (χ1n) is 8.92. The van der Waals surface area contributed by atoms with Gasteiger partial charge in [0.15, 0.2) is 16.0 Å². The lowest BCUT2D eigenvalue weighted by Crippen LogP contribution is -2.37. The van der Waals surface area contributed by atoms with E-state index in [1.54, 1.807) is 0 Å². The quantitative estimate of drug-likeness (QED) is 0.471. The Hall–Kier alpha value is -3.24. The molecular formula is C19H17ClN6O3S. The Bertz CT molecular complexity index is 1460. The summed E-state index contributed by atoms with van der Waals surface area (Å²) in [6.45, 7) is 0.305. The smallest absolute Gasteiger partial charge is 0.319 e. The summed E-state index contributed by atoms with van der Waals surface area (Å²) in [4.78, 5) is 46.0. The fraction of sp³-hybridized carbons (Fsp3) is 0.211. The van der Waals surface area contributed by atoms with E-state index in [0.29, 0.717) is 16.4 Å². The number of halogens is 1. The normalized spacial score (nSPS) is 12.0. The summed E-state index contributed by atoms with van der Waals surface area (Å²) in [5, 5.41) is 2.47. The van der Waals surface area contributed by atoms with Crippen molar-refractivity contribution in [2.45, 2.75) is 13.1 Å². The Balaban J connectivity index is 1.66. The van der Waals surface area contributed by atoms with Crippen molar-refractivity contribution in [1.82, 2.24) is 23.3 Å². The maximum atomic E-state index is 12.6. The van der Waals surface area contributed by atoms with Crippen LogP contribution in [0.2, 0.25) is 5.02 Å². The third kappa shape index (κ3) is 3.55. The van der Waals surface area contributed by atoms with E-state index in [2.05, 4.69) is 9.98 Å². The number of hydrogen-bond donors (Lipinski definition) is 0. The van der Waals surface area contributed by atoms with Gasteiger partial charge >= 0.3 is 5.69 Å². The third-order valence-electron chi connectivity index (χ3n) is 4.70. The van der Waals surface area contributed by atoms with Gasteiger partial charge in [0.25, 0.3) is 11.5 Å². The van der Waals surface area contributed by atoms with Crippen molar-refractivity contribution in [3.63, 3.8) is 0 Å². The molecule has 0 fully saturated rings. The number of aryl methyl sites for hydroxylation is 1. The fourth-order valence-electron chi connectivity index (χ4n) is 3.12. The molecule has 3 heterocycles. The van der Waals surface area contributed by atoms with Crippen LogP contribution in [-0.2, 0) is 32.0 Å². The molecule has 0 spiro atoms. The van der Waals surface area contributed by atoms with Crippen LogP contribution in [0.4, 0.5) is 0 Å². The Morgan fingerprint density at radius 2 is 1.93 bits per heavy atom. The van der Waals surface area contributed by atoms with Gasteiger partial charge in [-0.25, -0.2) is 9.78 Å². The maximum absolute atomic E-state index is 12.6. The van der Waals surface area contributed by atoms with Crippen molar-refractivity contribution in [2.75, 3.05) is 0 Å². The summed E-state index contributed by atoms with van der Waals surface area (Å²) >= 11 is 7.55. The first-order chi connectivity index (χ1) is 14.4. The van der Waals surface area contributed by atoms with Gasteiger partial charge < -0.3 is 9.13 Å². The van der Waals surface area contributed by atoms with E-state index in [0.717, 1.165) is 10.1 Å². The first kappa shape index (κ1) is 20.0. The molecule has 0 bridgehead atoms. The number of carbonyl (C=O) groups is 1. The third-order valence-corrected chi connectivity index (χ3v) is 5.86. The Morgan fingerprint density at radius 1 is 1.17 bits per heavy atom. The molecule has 0 aliphatic heterocycles. The predicted molar refractivity (Wildman–Crippen MR) is 114 cm³/mol. The molecule has 0 radical (unpaired) electrons. The van der Waals surface area contributed by atoms with E-state index < -0.39 is 17.2 Å². The standard InChI is InChI=1S/C19H17ClN6O3S/c1-23-16-15(17(28)24(2)19(23)29)26(11-21-16)10-14(27)22-18-25(7-8-30-18)9-12-5-3-4-6-13(12)20/h3-8,11H,9-10H2,1-2H3. The molecule has 30 heavy (non-hydrogen) atoms. The highest BCUT2D eigenvalue weighted by Crippen LogP contribution is 2.15. The number of amides is 1. The lowest BCUT2D eigenvalue weighted by atomic mass is 10.2. The van der Waals surface area contributed by atoms with Crippen molar-refractivity contribution in [3.05, 3.63) is 78.4 Å². The van der Waals surface area contributed by atoms with Crippen LogP contribution < -0.4 is 16.1 Å². The Kier molecular flexibility index (Phi) is 5.27. The average molecular weight is 445 g/mol. The van der Waals surface area contributed by atoms with Crippen molar-refractivity contribution in [2.24, 2.45) is 19.1 Å². The lowest BCUT2D eigenvalue weighted by Gasteiger charge is -2.06. The van der Waals surface area contributed by atoms with Crippen LogP contribution in [0.1, 0.15) is 5.56 Å². The monoisotopic (exact) mass is 444 g/mol. The number of imidazole rings is 1. The molecule has 0 atom stereocenters. The highest BCUT2D eigenvalue weighted by molar-refractivity contribution is 7.07. The van der Waals surface area contributed by atoms with Crippen molar-refractivity contribution in [1.29, 1.82) is 0 Å². The lowest BCUT2D eigenvalue weighted by molar-refractivity contribution is -0.118. The number of benzene rings is 1. The van der Waals surface area contributed by atoms with Gasteiger partial charge in [-0.15, -0.1) is 11.3 Å². The van der Waals surface area contributed by atoms with Gasteiger partial charge in [-0.1, -0.05) is 29.8 Å². The molecule has 9 nitrogen and oxygen atoms in total. The van der Waals surface area contributed by atoms with Crippen LogP contribution in [0.3, 0.4) is 0 Å². The number of aromatic nitrogens is 5. The number of rotatable bonds is 4. The highest BCUT2D eigenvalue weighted by Gasteiger charge is 2.16. The van der Waals surface area contributed by atoms with Gasteiger partial charge in [-0.05, 0) is 11.6 Å². The minimum atomic E-state index is -0.511. The van der Waals surface area contributed by atoms with E-state index in [4.69, 9.17) is 11.6 Å². The van der Waals surface area contributed by atoms with E-state index in [-0.39, 0.29) is 17.7 Å². The zero-order valence-corrected chi connectivity index (χ0v) is 17.7. The predicted octanol–water partition coefficient (Wildman–Crippen LogP) is 1.13. The molecule has 0 aliphatic rings. The van der Waals surface area contributed by atoms with E-state index in [1.165, 1.54) is 40.9 Å². The zero-order valence-electron chi connectivity index (χ0n) is 16.1. The minimum absolute atomic E-state index is 0.173. The minimum Gasteiger partial charge on any atom is -0.319 e. The molecule has 1 aromatic carbocycles. The zero-order chi connectivity index (χ0) is 21.4. The van der Waals surface area contributed by atoms with E-state index in [9.17, 15) is 14.4 Å². The van der Waals surface area contributed by atoms with Crippen molar-refractivity contribution < 1.29 is 4.79 Å². The second-order valence-electron chi connectivity index (χ2n) is 6.66. The molecule has 0 saturated carbocycles. The van der Waals surface area contributed by atoms with Crippen LogP contribution in [0.5, 0.6) is 0 Å². The molecule has 0 aliphatic carbocycles. The van der Waals surface area contributed by atoms with Gasteiger partial charge in [-0.3, -0.25) is 18.7 Å². The highest BCUT2D eigenvalue weighted by atomic mass is 35.5. The van der Waals surface area contributed by atoms with Crippen LogP contribution in [0.15, 0.2) is 56.8 Å². The summed E-state index contributed by atoms with van der Waals surface area (Å²) in [6, 6.07) is 7.47. The average Bonchev–Trinajstić information content (AvgIpc) is 3.33. The molecule has 0 N–H and O–H groups in total. The molecule has 1 amide bonds. The SMILES string of the molecule is Cn1c(=O)c2c(ncn2CC(=O)N=c2sccn2Cc2ccccc2Cl)n(C)c1=O. The molecule has 4 rings (SSSR count). The number of hydrogen-bond acceptors (Lipinski definition) is 5. The van der Waals surface area contributed by atoms with Crippen LogP contribution in [0, 0.1) is 0 Å². The van der Waals surface area contributed by atoms with Gasteiger partial charge in [-0.2, -0.15) is 4.99 Å². The Morgan fingerprint density at radius 3 is 2.70 bits per heavy atom. The van der Waals surface area contributed by atoms with Crippen LogP contribution >= 0.6 is 22.9 Å². The van der Waals surface area contributed by atoms with Gasteiger partial charge in [0.05, 0.1) is 12.9 Å². The first-order valence-corrected chi connectivity index (χ1v) is 10.2. The van der Waals surface area contributed by atoms with Crippen LogP contribution in [-0.4, -0.2) is 29.2 Å². The number of fused-ring (bicyclic) bond motifs is 1. The number of nitrogens with zero attached hydrogens (tertiary/aromatic N) is 6. The van der Waals surface area contributed by atoms with Gasteiger partial charge in [0.1, 0.15) is 6.54 Å². The van der Waals surface area contributed by atoms with Crippen LogP contribution in [0.25, 0.3) is 11.2 Å². The second-order valence-corrected chi connectivity index (χ2v) is 7.94. The summed E-state index contributed by atoms with van der Waals surface area (Å²) in [5.74, 6) is -0.444.